The first-order valence-electron chi connectivity index (χ1n) is 3.54. The van der Waals surface area contributed by atoms with E-state index in [1.807, 2.05) is 19.3 Å². The highest BCUT2D eigenvalue weighted by Gasteiger charge is 2.00. The minimum Gasteiger partial charge on any atom is -0.235 e. The van der Waals surface area contributed by atoms with E-state index < -0.39 is 0 Å². The number of hydrogen-bond donors (Lipinski definition) is 0. The van der Waals surface area contributed by atoms with Crippen LogP contribution in [0.15, 0.2) is 18.6 Å². The van der Waals surface area contributed by atoms with Crippen LogP contribution in [0.1, 0.15) is 11.1 Å². The van der Waals surface area contributed by atoms with Crippen LogP contribution in [0, 0.1) is 13.8 Å². The van der Waals surface area contributed by atoms with E-state index in [0.717, 1.165) is 5.65 Å². The van der Waals surface area contributed by atoms with Crippen molar-refractivity contribution in [3.8, 4) is 0 Å². The Kier molecular flexibility index (Phi) is 2.33. The van der Waals surface area contributed by atoms with Gasteiger partial charge in [0.05, 0.1) is 6.20 Å². The van der Waals surface area contributed by atoms with E-state index in [1.54, 1.807) is 10.7 Å². The smallest absolute Gasteiger partial charge is 0.156 e. The molecule has 12 heavy (non-hydrogen) atoms. The highest BCUT2D eigenvalue weighted by Crippen LogP contribution is 2.09. The second kappa shape index (κ2) is 3.11. The summed E-state index contributed by atoms with van der Waals surface area (Å²) in [5.41, 5.74) is 3.33. The molecular formula is C8H10ClN3. The van der Waals surface area contributed by atoms with E-state index in [-0.39, 0.29) is 12.4 Å². The summed E-state index contributed by atoms with van der Waals surface area (Å²) in [5.74, 6) is 0. The van der Waals surface area contributed by atoms with Crippen molar-refractivity contribution in [3.63, 3.8) is 0 Å². The highest BCUT2D eigenvalue weighted by molar-refractivity contribution is 5.85. The predicted octanol–water partition coefficient (Wildman–Crippen LogP) is 1.77. The lowest BCUT2D eigenvalue weighted by molar-refractivity contribution is 0.916. The van der Waals surface area contributed by atoms with Gasteiger partial charge in [0.15, 0.2) is 5.65 Å². The lowest BCUT2D eigenvalue weighted by atomic mass is 10.2. The molecule has 0 aliphatic heterocycles. The molecule has 0 bridgehead atoms. The van der Waals surface area contributed by atoms with Gasteiger partial charge >= 0.3 is 0 Å². The van der Waals surface area contributed by atoms with Crippen LogP contribution < -0.4 is 0 Å². The van der Waals surface area contributed by atoms with Gasteiger partial charge in [-0.25, -0.2) is 9.50 Å². The highest BCUT2D eigenvalue weighted by atomic mass is 35.5. The molecule has 2 rings (SSSR count). The largest absolute Gasteiger partial charge is 0.235 e. The fourth-order valence-corrected chi connectivity index (χ4v) is 1.08. The van der Waals surface area contributed by atoms with Crippen LogP contribution in [0.3, 0.4) is 0 Å². The second-order valence-electron chi connectivity index (χ2n) is 2.65. The summed E-state index contributed by atoms with van der Waals surface area (Å²) in [6.07, 6.45) is 5.46. The van der Waals surface area contributed by atoms with E-state index in [0.29, 0.717) is 0 Å². The quantitative estimate of drug-likeness (QED) is 0.623. The summed E-state index contributed by atoms with van der Waals surface area (Å²) in [4.78, 5) is 4.18. The van der Waals surface area contributed by atoms with Crippen molar-refractivity contribution in [2.75, 3.05) is 0 Å². The lowest BCUT2D eigenvalue weighted by Gasteiger charge is -1.99. The Balaban J connectivity index is 0.000000720. The molecule has 0 amide bonds. The molecule has 0 aliphatic carbocycles. The number of rotatable bonds is 0. The van der Waals surface area contributed by atoms with Gasteiger partial charge in [0.25, 0.3) is 0 Å². The lowest BCUT2D eigenvalue weighted by Crippen LogP contribution is -1.94. The minimum atomic E-state index is 0. The molecule has 2 aromatic rings. The normalized spacial score (nSPS) is 9.83. The van der Waals surface area contributed by atoms with Crippen molar-refractivity contribution in [1.29, 1.82) is 0 Å². The minimum absolute atomic E-state index is 0. The van der Waals surface area contributed by atoms with Crippen molar-refractivity contribution in [2.45, 2.75) is 13.8 Å². The Labute approximate surface area is 76.8 Å². The van der Waals surface area contributed by atoms with Gasteiger partial charge in [-0.2, -0.15) is 5.10 Å². The molecule has 0 unspecified atom stereocenters. The number of nitrogens with zero attached hydrogens (tertiary/aromatic N) is 3. The maximum atomic E-state index is 4.18. The molecule has 0 aromatic carbocycles. The Morgan fingerprint density at radius 1 is 1.33 bits per heavy atom. The SMILES string of the molecule is Cc1cnn2ccnc2c1C.Cl. The Bertz CT molecular complexity index is 394. The fourth-order valence-electron chi connectivity index (χ4n) is 1.08. The van der Waals surface area contributed by atoms with Gasteiger partial charge in [0.1, 0.15) is 0 Å². The van der Waals surface area contributed by atoms with Gasteiger partial charge in [-0.05, 0) is 25.0 Å². The van der Waals surface area contributed by atoms with Crippen LogP contribution in [0.5, 0.6) is 0 Å². The predicted molar refractivity (Wildman–Crippen MR) is 49.7 cm³/mol. The van der Waals surface area contributed by atoms with E-state index in [2.05, 4.69) is 17.0 Å². The van der Waals surface area contributed by atoms with Crippen molar-refractivity contribution >= 4 is 18.1 Å². The summed E-state index contributed by atoms with van der Waals surface area (Å²) in [6, 6.07) is 0. The van der Waals surface area contributed by atoms with Crippen LogP contribution in [-0.2, 0) is 0 Å². The second-order valence-corrected chi connectivity index (χ2v) is 2.65. The zero-order chi connectivity index (χ0) is 7.84. The van der Waals surface area contributed by atoms with Gasteiger partial charge in [-0.1, -0.05) is 0 Å². The average Bonchev–Trinajstić information content (AvgIpc) is 2.45. The maximum Gasteiger partial charge on any atom is 0.156 e. The summed E-state index contributed by atoms with van der Waals surface area (Å²) in [5, 5.41) is 4.16. The van der Waals surface area contributed by atoms with Gasteiger partial charge in [0, 0.05) is 12.4 Å². The first-order valence-corrected chi connectivity index (χ1v) is 3.54. The van der Waals surface area contributed by atoms with Gasteiger partial charge in [-0.15, -0.1) is 12.4 Å². The van der Waals surface area contributed by atoms with Crippen molar-refractivity contribution in [2.24, 2.45) is 0 Å². The van der Waals surface area contributed by atoms with Gasteiger partial charge in [-0.3, -0.25) is 0 Å². The van der Waals surface area contributed by atoms with Crippen LogP contribution in [0.2, 0.25) is 0 Å². The van der Waals surface area contributed by atoms with Crippen LogP contribution >= 0.6 is 12.4 Å². The van der Waals surface area contributed by atoms with Crippen molar-refractivity contribution in [1.82, 2.24) is 14.6 Å². The average molecular weight is 184 g/mol. The van der Waals surface area contributed by atoms with E-state index >= 15 is 0 Å². The van der Waals surface area contributed by atoms with Crippen LogP contribution in [-0.4, -0.2) is 14.6 Å². The van der Waals surface area contributed by atoms with Gasteiger partial charge in [0.2, 0.25) is 0 Å². The van der Waals surface area contributed by atoms with Crippen molar-refractivity contribution in [3.05, 3.63) is 29.7 Å². The zero-order valence-corrected chi connectivity index (χ0v) is 7.80. The molecule has 3 nitrogen and oxygen atoms in total. The zero-order valence-electron chi connectivity index (χ0n) is 6.98. The third-order valence-corrected chi connectivity index (χ3v) is 1.92. The summed E-state index contributed by atoms with van der Waals surface area (Å²) < 4.78 is 1.78. The van der Waals surface area contributed by atoms with E-state index in [9.17, 15) is 0 Å². The summed E-state index contributed by atoms with van der Waals surface area (Å²) in [6.45, 7) is 4.09. The summed E-state index contributed by atoms with van der Waals surface area (Å²) >= 11 is 0. The number of fused-ring (bicyclic) bond motifs is 1. The first-order chi connectivity index (χ1) is 5.29. The monoisotopic (exact) mass is 183 g/mol. The Morgan fingerprint density at radius 2 is 2.08 bits per heavy atom. The van der Waals surface area contributed by atoms with Crippen molar-refractivity contribution < 1.29 is 0 Å². The molecule has 0 radical (unpaired) electrons. The number of imidazole rings is 1. The first kappa shape index (κ1) is 9.00. The molecule has 4 heteroatoms. The van der Waals surface area contributed by atoms with Crippen LogP contribution in [0.4, 0.5) is 0 Å². The molecular weight excluding hydrogens is 174 g/mol. The number of aromatic nitrogens is 3. The van der Waals surface area contributed by atoms with Gasteiger partial charge < -0.3 is 0 Å². The number of aryl methyl sites for hydroxylation is 2. The molecule has 0 atom stereocenters. The third kappa shape index (κ3) is 1.16. The standard InChI is InChI=1S/C8H9N3.ClH/c1-6-5-10-11-4-3-9-8(11)7(6)2;/h3-5H,1-2H3;1H. The molecule has 64 valence electrons. The number of hydrogen-bond acceptors (Lipinski definition) is 2. The Morgan fingerprint density at radius 3 is 2.83 bits per heavy atom. The molecule has 0 aliphatic rings. The fraction of sp³-hybridized carbons (Fsp3) is 0.250. The maximum absolute atomic E-state index is 4.18. The summed E-state index contributed by atoms with van der Waals surface area (Å²) in [7, 11) is 0. The Hall–Kier alpha value is -1.09. The van der Waals surface area contributed by atoms with E-state index in [1.165, 1.54) is 11.1 Å². The van der Waals surface area contributed by atoms with Crippen LogP contribution in [0.25, 0.3) is 5.65 Å². The number of halogens is 1. The molecule has 0 saturated heterocycles. The molecule has 2 aromatic heterocycles. The molecule has 0 spiro atoms. The molecule has 0 saturated carbocycles. The van der Waals surface area contributed by atoms with E-state index in [4.69, 9.17) is 0 Å². The third-order valence-electron chi connectivity index (χ3n) is 1.92. The topological polar surface area (TPSA) is 30.2 Å². The molecule has 0 fully saturated rings. The molecule has 2 heterocycles. The molecule has 0 N–H and O–H groups in total.